The lowest BCUT2D eigenvalue weighted by Crippen LogP contribution is -2.39. The highest BCUT2D eigenvalue weighted by atomic mass is 35.5. The molecule has 0 saturated carbocycles. The molecule has 9 heteroatoms. The van der Waals surface area contributed by atoms with E-state index in [4.69, 9.17) is 32.7 Å². The molecule has 0 fully saturated rings. The lowest BCUT2D eigenvalue weighted by Gasteiger charge is -2.25. The van der Waals surface area contributed by atoms with Gasteiger partial charge in [-0.3, -0.25) is 9.36 Å². The summed E-state index contributed by atoms with van der Waals surface area (Å²) in [7, 11) is 0. The fourth-order valence-corrected chi connectivity index (χ4v) is 6.19. The summed E-state index contributed by atoms with van der Waals surface area (Å²) in [4.78, 5) is 32.4. The van der Waals surface area contributed by atoms with Crippen molar-refractivity contribution >= 4 is 46.6 Å². The van der Waals surface area contributed by atoms with Crippen molar-refractivity contribution < 1.29 is 14.3 Å². The third-order valence-electron chi connectivity index (χ3n) is 7.02. The monoisotopic (exact) mass is 620 g/mol. The predicted octanol–water partition coefficient (Wildman–Crippen LogP) is 6.81. The average Bonchev–Trinajstić information content (AvgIpc) is 3.27. The van der Waals surface area contributed by atoms with Gasteiger partial charge in [-0.25, -0.2) is 9.79 Å². The van der Waals surface area contributed by atoms with Gasteiger partial charge in [0.05, 0.1) is 38.5 Å². The van der Waals surface area contributed by atoms with E-state index in [1.807, 2.05) is 54.6 Å². The van der Waals surface area contributed by atoms with Crippen molar-refractivity contribution in [2.24, 2.45) is 4.99 Å². The van der Waals surface area contributed by atoms with Gasteiger partial charge in [-0.15, -0.1) is 0 Å². The molecule has 4 aromatic rings. The van der Waals surface area contributed by atoms with E-state index < -0.39 is 12.0 Å². The summed E-state index contributed by atoms with van der Waals surface area (Å²) in [5, 5.41) is 0.935. The maximum Gasteiger partial charge on any atom is 0.338 e. The molecule has 1 aliphatic rings. The zero-order valence-electron chi connectivity index (χ0n) is 23.7. The number of allylic oxidation sites excluding steroid dienone is 1. The topological polar surface area (TPSA) is 69.9 Å². The predicted molar refractivity (Wildman–Crippen MR) is 168 cm³/mol. The Morgan fingerprint density at radius 1 is 1.07 bits per heavy atom. The average molecular weight is 622 g/mol. The van der Waals surface area contributed by atoms with Crippen LogP contribution in [0.4, 0.5) is 0 Å². The molecule has 0 amide bonds. The van der Waals surface area contributed by atoms with Gasteiger partial charge in [0, 0.05) is 5.56 Å². The molecule has 0 aliphatic carbocycles. The van der Waals surface area contributed by atoms with Crippen molar-refractivity contribution in [3.05, 3.63) is 130 Å². The number of fused-ring (bicyclic) bond motifs is 1. The molecule has 0 N–H and O–H groups in total. The first-order valence-corrected chi connectivity index (χ1v) is 15.2. The van der Waals surface area contributed by atoms with Crippen LogP contribution in [0.5, 0.6) is 5.75 Å². The Kier molecular flexibility index (Phi) is 9.02. The molecule has 0 unspecified atom stereocenters. The highest BCUT2D eigenvalue weighted by Crippen LogP contribution is 2.32. The number of carbonyl (C=O) groups is 1. The maximum absolute atomic E-state index is 14.0. The van der Waals surface area contributed by atoms with Crippen LogP contribution in [0.1, 0.15) is 61.9 Å². The first-order chi connectivity index (χ1) is 20.2. The molecule has 2 heterocycles. The van der Waals surface area contributed by atoms with Crippen molar-refractivity contribution in [2.45, 2.75) is 46.3 Å². The number of aromatic nitrogens is 1. The summed E-state index contributed by atoms with van der Waals surface area (Å²) in [5.74, 6) is 0.479. The lowest BCUT2D eigenvalue weighted by molar-refractivity contribution is -0.139. The van der Waals surface area contributed by atoms with Crippen LogP contribution >= 0.6 is 34.5 Å². The number of hydrogen-bond acceptors (Lipinski definition) is 6. The third kappa shape index (κ3) is 6.09. The smallest absolute Gasteiger partial charge is 0.338 e. The molecule has 216 valence electrons. The molecule has 1 aromatic heterocycles. The Balaban J connectivity index is 1.58. The van der Waals surface area contributed by atoms with Gasteiger partial charge in [0.15, 0.2) is 4.80 Å². The van der Waals surface area contributed by atoms with E-state index in [2.05, 4.69) is 18.8 Å². The highest BCUT2D eigenvalue weighted by molar-refractivity contribution is 7.07. The van der Waals surface area contributed by atoms with E-state index in [-0.39, 0.29) is 18.8 Å². The van der Waals surface area contributed by atoms with Crippen LogP contribution in [0.2, 0.25) is 10.0 Å². The van der Waals surface area contributed by atoms with Gasteiger partial charge in [-0.05, 0) is 60.7 Å². The Morgan fingerprint density at radius 2 is 1.81 bits per heavy atom. The first kappa shape index (κ1) is 29.8. The molecule has 6 nitrogen and oxygen atoms in total. The van der Waals surface area contributed by atoms with Gasteiger partial charge >= 0.3 is 5.97 Å². The summed E-state index contributed by atoms with van der Waals surface area (Å²) in [6.45, 7) is 8.29. The minimum atomic E-state index is -0.662. The summed E-state index contributed by atoms with van der Waals surface area (Å²) in [6.07, 6.45) is 1.80. The van der Waals surface area contributed by atoms with Crippen LogP contribution in [-0.4, -0.2) is 17.1 Å². The van der Waals surface area contributed by atoms with Crippen molar-refractivity contribution in [1.82, 2.24) is 4.57 Å². The van der Waals surface area contributed by atoms with Crippen molar-refractivity contribution in [3.8, 4) is 5.75 Å². The Labute approximate surface area is 258 Å². The lowest BCUT2D eigenvalue weighted by atomic mass is 9.93. The van der Waals surface area contributed by atoms with E-state index in [9.17, 15) is 9.59 Å². The van der Waals surface area contributed by atoms with Crippen molar-refractivity contribution in [3.63, 3.8) is 0 Å². The van der Waals surface area contributed by atoms with Gasteiger partial charge in [0.25, 0.3) is 5.56 Å². The van der Waals surface area contributed by atoms with E-state index in [0.717, 1.165) is 16.7 Å². The number of hydrogen-bond donors (Lipinski definition) is 0. The van der Waals surface area contributed by atoms with Crippen molar-refractivity contribution in [1.29, 1.82) is 0 Å². The summed E-state index contributed by atoms with van der Waals surface area (Å²) in [5.41, 5.74) is 4.23. The molecular weight excluding hydrogens is 591 g/mol. The maximum atomic E-state index is 14.0. The van der Waals surface area contributed by atoms with E-state index in [1.165, 1.54) is 16.9 Å². The zero-order valence-corrected chi connectivity index (χ0v) is 26.0. The van der Waals surface area contributed by atoms with Crippen LogP contribution in [0, 0.1) is 0 Å². The van der Waals surface area contributed by atoms with Gasteiger partial charge < -0.3 is 9.47 Å². The van der Waals surface area contributed by atoms with Gasteiger partial charge in [0.1, 0.15) is 12.4 Å². The molecule has 42 heavy (non-hydrogen) atoms. The van der Waals surface area contributed by atoms with Gasteiger partial charge in [-0.1, -0.05) is 96.9 Å². The standard InChI is InChI=1S/C33H30Cl2N2O4S/c1-5-40-32(39)29-20(4)36-33-37(30(29)23-13-11-22(12-14-23)19(2)3)31(38)28(42-33)17-24-8-6-7-9-27(24)41-18-21-10-15-25(34)26(35)16-21/h6-17,19,30H,5,18H2,1-4H3/b28-17-/t30-/m0/s1. The van der Waals surface area contributed by atoms with Crippen molar-refractivity contribution in [2.75, 3.05) is 6.61 Å². The fraction of sp³-hybridized carbons (Fsp3) is 0.242. The number of halogens is 2. The molecule has 1 aliphatic heterocycles. The number of rotatable bonds is 8. The number of benzene rings is 3. The van der Waals surface area contributed by atoms with Crippen LogP contribution in [-0.2, 0) is 16.1 Å². The second kappa shape index (κ2) is 12.7. The van der Waals surface area contributed by atoms with Crippen LogP contribution in [0.25, 0.3) is 6.08 Å². The molecule has 0 bridgehead atoms. The van der Waals surface area contributed by atoms with Gasteiger partial charge in [0.2, 0.25) is 0 Å². The number of carbonyl (C=O) groups excluding carboxylic acids is 1. The Hall–Kier alpha value is -3.65. The Bertz CT molecular complexity index is 1860. The third-order valence-corrected chi connectivity index (χ3v) is 8.74. The highest BCUT2D eigenvalue weighted by Gasteiger charge is 2.33. The normalized spacial score (nSPS) is 15.0. The largest absolute Gasteiger partial charge is 0.488 e. The first-order valence-electron chi connectivity index (χ1n) is 13.6. The molecule has 0 spiro atoms. The molecule has 0 radical (unpaired) electrons. The quantitative estimate of drug-likeness (QED) is 0.203. The van der Waals surface area contributed by atoms with Crippen LogP contribution in [0.15, 0.2) is 87.8 Å². The number of esters is 1. The molecular formula is C33H30Cl2N2O4S. The van der Waals surface area contributed by atoms with E-state index >= 15 is 0 Å². The number of para-hydroxylation sites is 1. The number of ether oxygens (including phenoxy) is 2. The Morgan fingerprint density at radius 3 is 2.50 bits per heavy atom. The van der Waals surface area contributed by atoms with Gasteiger partial charge in [-0.2, -0.15) is 0 Å². The molecule has 5 rings (SSSR count). The molecule has 1 atom stereocenters. The summed E-state index contributed by atoms with van der Waals surface area (Å²) >= 11 is 13.5. The summed E-state index contributed by atoms with van der Waals surface area (Å²) in [6, 6.07) is 20.2. The van der Waals surface area contributed by atoms with Crippen LogP contribution < -0.4 is 19.6 Å². The second-order valence-electron chi connectivity index (χ2n) is 10.2. The second-order valence-corrected chi connectivity index (χ2v) is 12.0. The molecule has 0 saturated heterocycles. The number of nitrogens with zero attached hydrogens (tertiary/aromatic N) is 2. The van der Waals surface area contributed by atoms with Crippen LogP contribution in [0.3, 0.4) is 0 Å². The molecule has 3 aromatic carbocycles. The SMILES string of the molecule is CCOC(=O)C1=C(C)N=c2s/c(=C\c3ccccc3OCc3ccc(Cl)c(Cl)c3)c(=O)n2[C@H]1c1ccc(C(C)C)cc1. The minimum Gasteiger partial charge on any atom is -0.488 e. The minimum absolute atomic E-state index is 0.220. The van der Waals surface area contributed by atoms with E-state index in [0.29, 0.717) is 42.3 Å². The number of thiazole rings is 1. The van der Waals surface area contributed by atoms with E-state index in [1.54, 1.807) is 36.6 Å². The zero-order chi connectivity index (χ0) is 30.0. The fourth-order valence-electron chi connectivity index (χ4n) is 4.83. The summed E-state index contributed by atoms with van der Waals surface area (Å²) < 4.78 is 13.6.